The minimum atomic E-state index is -1.46. The van der Waals surface area contributed by atoms with E-state index in [0.717, 1.165) is 0 Å². The first-order valence-corrected chi connectivity index (χ1v) is 6.33. The molecule has 1 atom stereocenters. The van der Waals surface area contributed by atoms with Crippen LogP contribution >= 0.6 is 0 Å². The van der Waals surface area contributed by atoms with Crippen molar-refractivity contribution in [2.75, 3.05) is 6.54 Å². The van der Waals surface area contributed by atoms with Gasteiger partial charge in [0.05, 0.1) is 5.69 Å². The van der Waals surface area contributed by atoms with E-state index in [4.69, 9.17) is 0 Å². The van der Waals surface area contributed by atoms with Crippen LogP contribution < -0.4 is 0 Å². The van der Waals surface area contributed by atoms with Crippen LogP contribution in [0.1, 0.15) is 19.4 Å². The van der Waals surface area contributed by atoms with E-state index in [1.807, 2.05) is 0 Å². The molecule has 0 saturated carbocycles. The van der Waals surface area contributed by atoms with E-state index in [9.17, 15) is 14.7 Å². The number of nitrogens with zero attached hydrogens (tertiary/aromatic N) is 5. The van der Waals surface area contributed by atoms with Gasteiger partial charge in [0.25, 0.3) is 0 Å². The molecule has 1 heterocycles. The molecule has 1 aromatic heterocycles. The van der Waals surface area contributed by atoms with Gasteiger partial charge in [0, 0.05) is 6.54 Å². The highest BCUT2D eigenvalue weighted by Crippen LogP contribution is 2.29. The average Bonchev–Trinajstić information content (AvgIpc) is 3.02. The molecule has 0 fully saturated rings. The highest BCUT2D eigenvalue weighted by atomic mass is 16.4. The van der Waals surface area contributed by atoms with Crippen LogP contribution in [0.25, 0.3) is 5.69 Å². The fourth-order valence-corrected chi connectivity index (χ4v) is 2.14. The molecular formula is C13H15N5O3. The number of tetrazole rings is 1. The number of aromatic nitrogens is 4. The lowest BCUT2D eigenvalue weighted by molar-refractivity contribution is -0.154. The number of hydrogen-bond acceptors (Lipinski definition) is 5. The number of carboxylic acids is 1. The molecule has 2 aromatic rings. The van der Waals surface area contributed by atoms with Crippen molar-refractivity contribution in [3.05, 3.63) is 36.2 Å². The number of rotatable bonds is 6. The molecule has 1 unspecified atom stereocenters. The van der Waals surface area contributed by atoms with Crippen LogP contribution in [0.2, 0.25) is 0 Å². The van der Waals surface area contributed by atoms with Gasteiger partial charge in [0.15, 0.2) is 5.54 Å². The SMILES string of the molecule is CCN(C=O)C(C)(C(=O)O)c1cccc(-n2cnnn2)c1. The number of aliphatic carboxylic acids is 1. The van der Waals surface area contributed by atoms with E-state index in [-0.39, 0.29) is 6.54 Å². The van der Waals surface area contributed by atoms with Gasteiger partial charge >= 0.3 is 5.97 Å². The number of hydrogen-bond donors (Lipinski definition) is 1. The van der Waals surface area contributed by atoms with Crippen LogP contribution in [0.4, 0.5) is 0 Å². The molecule has 0 saturated heterocycles. The molecule has 1 amide bonds. The maximum atomic E-state index is 11.7. The Morgan fingerprint density at radius 1 is 1.52 bits per heavy atom. The van der Waals surface area contributed by atoms with Gasteiger partial charge in [-0.1, -0.05) is 12.1 Å². The Bertz CT molecular complexity index is 643. The van der Waals surface area contributed by atoms with Crippen LogP contribution in [-0.4, -0.2) is 49.1 Å². The summed E-state index contributed by atoms with van der Waals surface area (Å²) < 4.78 is 1.42. The number of amides is 1. The van der Waals surface area contributed by atoms with Crippen molar-refractivity contribution in [2.45, 2.75) is 19.4 Å². The monoisotopic (exact) mass is 289 g/mol. The minimum Gasteiger partial charge on any atom is -0.479 e. The van der Waals surface area contributed by atoms with E-state index < -0.39 is 11.5 Å². The van der Waals surface area contributed by atoms with Gasteiger partial charge in [-0.15, -0.1) is 5.10 Å². The van der Waals surface area contributed by atoms with Gasteiger partial charge in [-0.25, -0.2) is 9.48 Å². The van der Waals surface area contributed by atoms with Crippen molar-refractivity contribution in [3.8, 4) is 5.69 Å². The van der Waals surface area contributed by atoms with Crippen molar-refractivity contribution < 1.29 is 14.7 Å². The highest BCUT2D eigenvalue weighted by Gasteiger charge is 2.40. The van der Waals surface area contributed by atoms with Gasteiger partial charge in [0.1, 0.15) is 6.33 Å². The molecule has 0 aliphatic heterocycles. The zero-order chi connectivity index (χ0) is 15.5. The van der Waals surface area contributed by atoms with Crippen LogP contribution in [0.3, 0.4) is 0 Å². The summed E-state index contributed by atoms with van der Waals surface area (Å²) in [5, 5.41) is 20.4. The molecule has 0 aliphatic rings. The Labute approximate surface area is 121 Å². The summed E-state index contributed by atoms with van der Waals surface area (Å²) in [5.41, 5.74) is -0.371. The van der Waals surface area contributed by atoms with Crippen molar-refractivity contribution in [1.29, 1.82) is 0 Å². The Kier molecular flexibility index (Phi) is 3.97. The van der Waals surface area contributed by atoms with Gasteiger partial charge in [0.2, 0.25) is 6.41 Å². The first-order chi connectivity index (χ1) is 10.0. The standard InChI is InChI=1S/C13H15N5O3/c1-3-17(9-19)13(2,12(20)21)10-5-4-6-11(7-10)18-8-14-15-16-18/h4-9H,3H2,1-2H3,(H,20,21). The summed E-state index contributed by atoms with van der Waals surface area (Å²) in [6, 6.07) is 6.76. The molecule has 1 N–H and O–H groups in total. The number of carbonyl (C=O) groups excluding carboxylic acids is 1. The number of carbonyl (C=O) groups is 2. The Hall–Kier alpha value is -2.77. The third-order valence-electron chi connectivity index (χ3n) is 3.48. The molecular weight excluding hydrogens is 274 g/mol. The van der Waals surface area contributed by atoms with Gasteiger partial charge in [-0.3, -0.25) is 4.79 Å². The normalized spacial score (nSPS) is 13.4. The van der Waals surface area contributed by atoms with Crippen molar-refractivity contribution in [2.24, 2.45) is 0 Å². The first kappa shape index (κ1) is 14.6. The van der Waals surface area contributed by atoms with E-state index in [1.54, 1.807) is 31.2 Å². The molecule has 21 heavy (non-hydrogen) atoms. The van der Waals surface area contributed by atoms with Gasteiger partial charge in [-0.2, -0.15) is 0 Å². The molecule has 8 heteroatoms. The summed E-state index contributed by atoms with van der Waals surface area (Å²) in [7, 11) is 0. The smallest absolute Gasteiger partial charge is 0.334 e. The second-order valence-electron chi connectivity index (χ2n) is 4.57. The maximum Gasteiger partial charge on any atom is 0.334 e. The topological polar surface area (TPSA) is 101 Å². The molecule has 0 bridgehead atoms. The van der Waals surface area contributed by atoms with E-state index >= 15 is 0 Å². The molecule has 110 valence electrons. The molecule has 8 nitrogen and oxygen atoms in total. The lowest BCUT2D eigenvalue weighted by Gasteiger charge is -2.35. The maximum absolute atomic E-state index is 11.7. The quantitative estimate of drug-likeness (QED) is 0.774. The molecule has 0 aliphatic carbocycles. The number of benzene rings is 1. The molecule has 0 radical (unpaired) electrons. The Morgan fingerprint density at radius 2 is 2.29 bits per heavy atom. The molecule has 2 rings (SSSR count). The van der Waals surface area contributed by atoms with Crippen molar-refractivity contribution in [3.63, 3.8) is 0 Å². The van der Waals surface area contributed by atoms with Crippen molar-refractivity contribution >= 4 is 12.4 Å². The van der Waals surface area contributed by atoms with Crippen LogP contribution in [-0.2, 0) is 15.1 Å². The molecule has 0 spiro atoms. The van der Waals surface area contributed by atoms with Gasteiger partial charge in [-0.05, 0) is 42.0 Å². The summed E-state index contributed by atoms with van der Waals surface area (Å²) in [6.07, 6.45) is 1.95. The highest BCUT2D eigenvalue weighted by molar-refractivity contribution is 5.83. The summed E-state index contributed by atoms with van der Waals surface area (Å²) >= 11 is 0. The third-order valence-corrected chi connectivity index (χ3v) is 3.48. The Morgan fingerprint density at radius 3 is 2.81 bits per heavy atom. The van der Waals surface area contributed by atoms with E-state index in [1.165, 1.54) is 22.8 Å². The number of likely N-dealkylation sites (N-methyl/N-ethyl adjacent to an activating group) is 1. The zero-order valence-electron chi connectivity index (χ0n) is 11.7. The first-order valence-electron chi connectivity index (χ1n) is 6.33. The van der Waals surface area contributed by atoms with Crippen molar-refractivity contribution in [1.82, 2.24) is 25.1 Å². The van der Waals surface area contributed by atoms with Crippen LogP contribution in [0.5, 0.6) is 0 Å². The van der Waals surface area contributed by atoms with Crippen LogP contribution in [0.15, 0.2) is 30.6 Å². The largest absolute Gasteiger partial charge is 0.479 e. The minimum absolute atomic E-state index is 0.279. The second-order valence-corrected chi connectivity index (χ2v) is 4.57. The van der Waals surface area contributed by atoms with Crippen LogP contribution in [0, 0.1) is 0 Å². The zero-order valence-corrected chi connectivity index (χ0v) is 11.7. The summed E-state index contributed by atoms with van der Waals surface area (Å²) in [4.78, 5) is 24.2. The molecule has 1 aromatic carbocycles. The lowest BCUT2D eigenvalue weighted by atomic mass is 9.90. The Balaban J connectivity index is 2.54. The predicted octanol–water partition coefficient (Wildman–Crippen LogP) is 0.440. The van der Waals surface area contributed by atoms with E-state index in [2.05, 4.69) is 15.5 Å². The lowest BCUT2D eigenvalue weighted by Crippen LogP contribution is -2.49. The van der Waals surface area contributed by atoms with Gasteiger partial charge < -0.3 is 10.0 Å². The van der Waals surface area contributed by atoms with E-state index in [0.29, 0.717) is 17.7 Å². The second kappa shape index (κ2) is 5.70. The average molecular weight is 289 g/mol. The fraction of sp³-hybridized carbons (Fsp3) is 0.308. The summed E-state index contributed by atoms with van der Waals surface area (Å²) in [6.45, 7) is 3.49. The predicted molar refractivity (Wildman–Crippen MR) is 72.6 cm³/mol. The number of carboxylic acid groups (broad SMARTS) is 1. The summed E-state index contributed by atoms with van der Waals surface area (Å²) in [5.74, 6) is -1.11. The third kappa shape index (κ3) is 2.47. The fourth-order valence-electron chi connectivity index (χ4n) is 2.14.